The molecule has 0 aliphatic carbocycles. The number of carbonyl (C=O) groups excluding carboxylic acids is 1. The summed E-state index contributed by atoms with van der Waals surface area (Å²) in [7, 11) is 1.62. The Morgan fingerprint density at radius 2 is 2.29 bits per heavy atom. The number of ether oxygens (including phenoxy) is 3. The monoisotopic (exact) mass is 234 g/mol. The minimum atomic E-state index is -0.0841. The first-order valence-corrected chi connectivity index (χ1v) is 5.77. The second-order valence-electron chi connectivity index (χ2n) is 4.41. The first kappa shape index (κ1) is 10.4. The van der Waals surface area contributed by atoms with E-state index >= 15 is 0 Å². The fraction of sp³-hybridized carbons (Fsp3) is 0.462. The van der Waals surface area contributed by atoms with Crippen LogP contribution in [0.25, 0.3) is 0 Å². The van der Waals surface area contributed by atoms with Gasteiger partial charge in [-0.1, -0.05) is 0 Å². The van der Waals surface area contributed by atoms with Crippen LogP contribution in [-0.4, -0.2) is 25.6 Å². The Morgan fingerprint density at radius 1 is 1.47 bits per heavy atom. The maximum absolute atomic E-state index is 12.1. The number of fused-ring (bicyclic) bond motifs is 3. The van der Waals surface area contributed by atoms with Crippen LogP contribution in [0.5, 0.6) is 17.2 Å². The average Bonchev–Trinajstić information content (AvgIpc) is 2.75. The molecule has 2 aliphatic heterocycles. The highest BCUT2D eigenvalue weighted by Gasteiger charge is 2.33. The molecule has 0 aromatic heterocycles. The Morgan fingerprint density at radius 3 is 3.06 bits per heavy atom. The van der Waals surface area contributed by atoms with E-state index < -0.39 is 0 Å². The van der Waals surface area contributed by atoms with Crippen LogP contribution < -0.4 is 14.2 Å². The first-order chi connectivity index (χ1) is 8.20. The van der Waals surface area contributed by atoms with Crippen LogP contribution >= 0.6 is 0 Å². The summed E-state index contributed by atoms with van der Waals surface area (Å²) in [6.07, 6.45) is 1.11. The summed E-state index contributed by atoms with van der Waals surface area (Å²) in [6, 6.07) is 1.80. The molecule has 0 N–H and O–H groups in total. The molecular formula is C13H14O4. The second kappa shape index (κ2) is 3.65. The van der Waals surface area contributed by atoms with E-state index in [0.717, 1.165) is 17.7 Å². The molecular weight excluding hydrogens is 220 g/mol. The number of hydrogen-bond acceptors (Lipinski definition) is 4. The van der Waals surface area contributed by atoms with Gasteiger partial charge >= 0.3 is 0 Å². The van der Waals surface area contributed by atoms with Crippen molar-refractivity contribution in [2.75, 3.05) is 13.7 Å². The first-order valence-electron chi connectivity index (χ1n) is 5.77. The van der Waals surface area contributed by atoms with E-state index in [-0.39, 0.29) is 11.9 Å². The summed E-state index contributed by atoms with van der Waals surface area (Å²) < 4.78 is 16.6. The zero-order chi connectivity index (χ0) is 12.0. The molecule has 0 saturated carbocycles. The molecule has 1 aromatic rings. The van der Waals surface area contributed by atoms with Gasteiger partial charge in [-0.3, -0.25) is 4.79 Å². The Bertz CT molecular complexity index is 493. The maximum Gasteiger partial charge on any atom is 0.174 e. The molecule has 0 fully saturated rings. The standard InChI is InChI=1S/C13H14O4/c1-7-5-9(14)12-11(17-7)6-10(15-2)8-3-4-16-13(8)12/h6-7H,3-5H2,1-2H3/t7-/m1/s1. The lowest BCUT2D eigenvalue weighted by atomic mass is 9.97. The SMILES string of the molecule is COc1cc2c(c3c1CCO3)C(=O)C[C@@H](C)O2. The van der Waals surface area contributed by atoms with E-state index in [9.17, 15) is 4.79 Å². The van der Waals surface area contributed by atoms with E-state index in [1.54, 1.807) is 13.2 Å². The third-order valence-electron chi connectivity index (χ3n) is 3.21. The molecule has 0 amide bonds. The normalized spacial score (nSPS) is 21.3. The van der Waals surface area contributed by atoms with Crippen molar-refractivity contribution in [2.24, 2.45) is 0 Å². The molecule has 1 atom stereocenters. The summed E-state index contributed by atoms with van der Waals surface area (Å²) in [6.45, 7) is 2.49. The average molecular weight is 234 g/mol. The minimum Gasteiger partial charge on any atom is -0.496 e. The van der Waals surface area contributed by atoms with Gasteiger partial charge in [0.15, 0.2) is 5.78 Å². The molecule has 17 heavy (non-hydrogen) atoms. The van der Waals surface area contributed by atoms with Gasteiger partial charge in [-0.2, -0.15) is 0 Å². The largest absolute Gasteiger partial charge is 0.496 e. The Kier molecular flexibility index (Phi) is 2.24. The Balaban J connectivity index is 2.22. The Labute approximate surface area is 99.5 Å². The number of methoxy groups -OCH3 is 1. The van der Waals surface area contributed by atoms with Crippen LogP contribution in [0.15, 0.2) is 6.07 Å². The minimum absolute atomic E-state index is 0.0841. The number of Topliss-reactive ketones (excluding diaryl/α,β-unsaturated/α-hetero) is 1. The predicted molar refractivity (Wildman–Crippen MR) is 61.2 cm³/mol. The van der Waals surface area contributed by atoms with Crippen LogP contribution in [0.3, 0.4) is 0 Å². The summed E-state index contributed by atoms with van der Waals surface area (Å²) in [5, 5.41) is 0. The highest BCUT2D eigenvalue weighted by Crippen LogP contribution is 2.45. The van der Waals surface area contributed by atoms with E-state index in [1.807, 2.05) is 6.92 Å². The Hall–Kier alpha value is -1.71. The highest BCUT2D eigenvalue weighted by atomic mass is 16.5. The van der Waals surface area contributed by atoms with E-state index in [2.05, 4.69) is 0 Å². The lowest BCUT2D eigenvalue weighted by molar-refractivity contribution is 0.0865. The topological polar surface area (TPSA) is 44.8 Å². The van der Waals surface area contributed by atoms with Gasteiger partial charge in [0, 0.05) is 24.5 Å². The molecule has 4 heteroatoms. The molecule has 0 unspecified atom stereocenters. The molecule has 2 aliphatic rings. The third kappa shape index (κ3) is 1.47. The van der Waals surface area contributed by atoms with Crippen molar-refractivity contribution < 1.29 is 19.0 Å². The van der Waals surface area contributed by atoms with Crippen LogP contribution in [-0.2, 0) is 6.42 Å². The molecule has 0 saturated heterocycles. The zero-order valence-corrected chi connectivity index (χ0v) is 9.91. The fourth-order valence-corrected chi connectivity index (χ4v) is 2.46. The maximum atomic E-state index is 12.1. The van der Waals surface area contributed by atoms with Crippen molar-refractivity contribution >= 4 is 5.78 Å². The fourth-order valence-electron chi connectivity index (χ4n) is 2.46. The van der Waals surface area contributed by atoms with Gasteiger partial charge in [0.25, 0.3) is 0 Å². The van der Waals surface area contributed by atoms with Crippen molar-refractivity contribution in [3.8, 4) is 17.2 Å². The van der Waals surface area contributed by atoms with Gasteiger partial charge in [-0.25, -0.2) is 0 Å². The summed E-state index contributed by atoms with van der Waals surface area (Å²) in [4.78, 5) is 12.1. The molecule has 1 aromatic carbocycles. The third-order valence-corrected chi connectivity index (χ3v) is 3.21. The van der Waals surface area contributed by atoms with E-state index in [4.69, 9.17) is 14.2 Å². The lowest BCUT2D eigenvalue weighted by Gasteiger charge is -2.24. The molecule has 90 valence electrons. The number of rotatable bonds is 1. The van der Waals surface area contributed by atoms with Crippen LogP contribution in [0.4, 0.5) is 0 Å². The van der Waals surface area contributed by atoms with Crippen LogP contribution in [0, 0.1) is 0 Å². The number of carbonyl (C=O) groups is 1. The summed E-state index contributed by atoms with van der Waals surface area (Å²) >= 11 is 0. The van der Waals surface area contributed by atoms with Crippen molar-refractivity contribution in [3.63, 3.8) is 0 Å². The quantitative estimate of drug-likeness (QED) is 0.745. The molecule has 0 spiro atoms. The van der Waals surface area contributed by atoms with Crippen molar-refractivity contribution in [2.45, 2.75) is 25.9 Å². The molecule has 0 bridgehead atoms. The van der Waals surface area contributed by atoms with Crippen molar-refractivity contribution in [3.05, 3.63) is 17.2 Å². The van der Waals surface area contributed by atoms with Gasteiger partial charge < -0.3 is 14.2 Å². The molecule has 2 heterocycles. The molecule has 3 rings (SSSR count). The number of benzene rings is 1. The van der Waals surface area contributed by atoms with E-state index in [0.29, 0.717) is 30.1 Å². The smallest absolute Gasteiger partial charge is 0.174 e. The van der Waals surface area contributed by atoms with E-state index in [1.165, 1.54) is 0 Å². The highest BCUT2D eigenvalue weighted by molar-refractivity contribution is 6.03. The number of ketones is 1. The van der Waals surface area contributed by atoms with Gasteiger partial charge in [0.1, 0.15) is 28.9 Å². The predicted octanol–water partition coefficient (Wildman–Crippen LogP) is 1.98. The van der Waals surface area contributed by atoms with Gasteiger partial charge in [0.05, 0.1) is 13.7 Å². The summed E-state index contributed by atoms with van der Waals surface area (Å²) in [5.74, 6) is 2.10. The molecule has 0 radical (unpaired) electrons. The van der Waals surface area contributed by atoms with Crippen LogP contribution in [0.1, 0.15) is 29.3 Å². The van der Waals surface area contributed by atoms with Crippen molar-refractivity contribution in [1.29, 1.82) is 0 Å². The van der Waals surface area contributed by atoms with Crippen LogP contribution in [0.2, 0.25) is 0 Å². The zero-order valence-electron chi connectivity index (χ0n) is 9.91. The lowest BCUT2D eigenvalue weighted by Crippen LogP contribution is -2.24. The molecule has 4 nitrogen and oxygen atoms in total. The van der Waals surface area contributed by atoms with Gasteiger partial charge in [-0.05, 0) is 6.92 Å². The van der Waals surface area contributed by atoms with Crippen molar-refractivity contribution in [1.82, 2.24) is 0 Å². The van der Waals surface area contributed by atoms with Gasteiger partial charge in [-0.15, -0.1) is 0 Å². The number of hydrogen-bond donors (Lipinski definition) is 0. The second-order valence-corrected chi connectivity index (χ2v) is 4.41. The summed E-state index contributed by atoms with van der Waals surface area (Å²) in [5.41, 5.74) is 1.58. The van der Waals surface area contributed by atoms with Gasteiger partial charge in [0.2, 0.25) is 0 Å².